The summed E-state index contributed by atoms with van der Waals surface area (Å²) in [5, 5.41) is 12.5. The molecule has 1 aliphatic heterocycles. The van der Waals surface area contributed by atoms with Gasteiger partial charge in [-0.3, -0.25) is 0 Å². The zero-order valence-corrected chi connectivity index (χ0v) is 18.6. The molecule has 2 heterocycles. The van der Waals surface area contributed by atoms with E-state index in [1.807, 2.05) is 4.90 Å². The van der Waals surface area contributed by atoms with Crippen LogP contribution in [0.15, 0.2) is 35.2 Å². The summed E-state index contributed by atoms with van der Waals surface area (Å²) >= 11 is 0. The molecule has 1 aromatic heterocycles. The van der Waals surface area contributed by atoms with Gasteiger partial charge >= 0.3 is 0 Å². The van der Waals surface area contributed by atoms with Gasteiger partial charge in [0.2, 0.25) is 10.0 Å². The maximum absolute atomic E-state index is 14.2. The molecular weight excluding hydrogens is 469 g/mol. The third-order valence-electron chi connectivity index (χ3n) is 5.85. The molecule has 12 heteroatoms. The topological polar surface area (TPSA) is 102 Å². The van der Waals surface area contributed by atoms with E-state index >= 15 is 0 Å². The van der Waals surface area contributed by atoms with E-state index in [2.05, 4.69) is 16.4 Å². The number of nitriles is 1. The van der Waals surface area contributed by atoms with Gasteiger partial charge < -0.3 is 10.2 Å². The first-order valence-electron chi connectivity index (χ1n) is 10.6. The Bertz CT molecular complexity index is 1430. The molecule has 3 aromatic rings. The Labute approximate surface area is 193 Å². The van der Waals surface area contributed by atoms with Crippen molar-refractivity contribution >= 4 is 32.7 Å². The van der Waals surface area contributed by atoms with E-state index in [0.717, 1.165) is 23.2 Å². The summed E-state index contributed by atoms with van der Waals surface area (Å²) in [5.41, 5.74) is 1.61. The first-order chi connectivity index (χ1) is 16.3. The van der Waals surface area contributed by atoms with Crippen molar-refractivity contribution in [3.05, 3.63) is 53.3 Å². The van der Waals surface area contributed by atoms with Crippen LogP contribution in [0.2, 0.25) is 0 Å². The van der Waals surface area contributed by atoms with Gasteiger partial charge in [0.15, 0.2) is 29.1 Å². The second kappa shape index (κ2) is 8.41. The van der Waals surface area contributed by atoms with Crippen LogP contribution in [-0.2, 0) is 10.0 Å². The minimum atomic E-state index is -4.36. The molecule has 1 aliphatic carbocycles. The molecule has 0 spiro atoms. The van der Waals surface area contributed by atoms with Crippen LogP contribution in [0.4, 0.5) is 24.8 Å². The largest absolute Gasteiger partial charge is 0.364 e. The quantitative estimate of drug-likeness (QED) is 0.551. The standard InChI is InChI=1S/C22H19F3N6O2S/c23-15-4-6-18(20(25)19(15)24)34(32,33)31-9-7-30(8-10-31)22-21(27-14-2-3-14)28-16-5-1-13(12-26)11-17(16)29-22/h1,4-6,11,14H,2-3,7-10H2,(H,27,28). The second-order valence-corrected chi connectivity index (χ2v) is 10.1. The molecule has 2 aliphatic rings. The number of hydrogen-bond donors (Lipinski definition) is 1. The molecule has 176 valence electrons. The fraction of sp³-hybridized carbons (Fsp3) is 0.318. The number of anilines is 2. The number of nitrogens with one attached hydrogen (secondary N) is 1. The van der Waals surface area contributed by atoms with Gasteiger partial charge in [-0.25, -0.2) is 31.6 Å². The number of halogens is 3. The van der Waals surface area contributed by atoms with Crippen molar-refractivity contribution < 1.29 is 21.6 Å². The predicted molar refractivity (Wildman–Crippen MR) is 118 cm³/mol. The van der Waals surface area contributed by atoms with E-state index in [-0.39, 0.29) is 26.2 Å². The summed E-state index contributed by atoms with van der Waals surface area (Å²) in [6, 6.07) is 8.72. The van der Waals surface area contributed by atoms with Gasteiger partial charge in [-0.2, -0.15) is 9.57 Å². The van der Waals surface area contributed by atoms with Crippen molar-refractivity contribution in [2.45, 2.75) is 23.8 Å². The molecule has 0 bridgehead atoms. The molecule has 0 radical (unpaired) electrons. The molecule has 1 saturated heterocycles. The Balaban J connectivity index is 1.42. The van der Waals surface area contributed by atoms with Crippen molar-refractivity contribution in [2.75, 3.05) is 36.4 Å². The maximum Gasteiger partial charge on any atom is 0.246 e. The number of aromatic nitrogens is 2. The van der Waals surface area contributed by atoms with Crippen molar-refractivity contribution in [3.8, 4) is 6.07 Å². The van der Waals surface area contributed by atoms with E-state index in [1.54, 1.807) is 18.2 Å². The number of hydrogen-bond acceptors (Lipinski definition) is 7. The summed E-state index contributed by atoms with van der Waals surface area (Å²) in [6.45, 7) is 0.424. The third-order valence-corrected chi connectivity index (χ3v) is 7.76. The van der Waals surface area contributed by atoms with Gasteiger partial charge in [0.05, 0.1) is 22.7 Å². The van der Waals surface area contributed by atoms with Crippen LogP contribution in [0.5, 0.6) is 0 Å². The number of piperazine rings is 1. The lowest BCUT2D eigenvalue weighted by atomic mass is 10.2. The zero-order chi connectivity index (χ0) is 24.0. The molecule has 2 aromatic carbocycles. The zero-order valence-electron chi connectivity index (χ0n) is 17.8. The van der Waals surface area contributed by atoms with Crippen LogP contribution >= 0.6 is 0 Å². The lowest BCUT2D eigenvalue weighted by Gasteiger charge is -2.35. The Morgan fingerprint density at radius 2 is 1.71 bits per heavy atom. The van der Waals surface area contributed by atoms with Crippen LogP contribution in [-0.4, -0.2) is 54.9 Å². The van der Waals surface area contributed by atoms with Crippen LogP contribution in [0, 0.1) is 28.8 Å². The number of sulfonamides is 1. The Kier molecular flexibility index (Phi) is 5.53. The van der Waals surface area contributed by atoms with Crippen molar-refractivity contribution in [3.63, 3.8) is 0 Å². The molecule has 0 unspecified atom stereocenters. The van der Waals surface area contributed by atoms with Gasteiger partial charge in [-0.05, 0) is 43.2 Å². The highest BCUT2D eigenvalue weighted by Crippen LogP contribution is 2.32. The first kappa shape index (κ1) is 22.4. The van der Waals surface area contributed by atoms with Gasteiger partial charge in [0.25, 0.3) is 0 Å². The highest BCUT2D eigenvalue weighted by atomic mass is 32.2. The normalized spacial score (nSPS) is 17.1. The van der Waals surface area contributed by atoms with Crippen LogP contribution in [0.3, 0.4) is 0 Å². The van der Waals surface area contributed by atoms with E-state index in [1.165, 1.54) is 0 Å². The predicted octanol–water partition coefficient (Wildman–Crippen LogP) is 3.00. The van der Waals surface area contributed by atoms with E-state index in [0.29, 0.717) is 40.3 Å². The molecule has 0 amide bonds. The van der Waals surface area contributed by atoms with Gasteiger partial charge in [-0.15, -0.1) is 0 Å². The minimum absolute atomic E-state index is 0.0123. The monoisotopic (exact) mass is 488 g/mol. The van der Waals surface area contributed by atoms with Gasteiger partial charge in [0.1, 0.15) is 4.90 Å². The molecule has 1 saturated carbocycles. The molecule has 2 fully saturated rings. The van der Waals surface area contributed by atoms with Gasteiger partial charge in [0, 0.05) is 32.2 Å². The van der Waals surface area contributed by atoms with Crippen molar-refractivity contribution in [2.24, 2.45) is 0 Å². The minimum Gasteiger partial charge on any atom is -0.364 e. The second-order valence-electron chi connectivity index (χ2n) is 8.19. The molecule has 0 atom stereocenters. The molecule has 1 N–H and O–H groups in total. The number of fused-ring (bicyclic) bond motifs is 1. The van der Waals surface area contributed by atoms with E-state index in [4.69, 9.17) is 4.98 Å². The van der Waals surface area contributed by atoms with Crippen LogP contribution in [0.1, 0.15) is 18.4 Å². The average Bonchev–Trinajstić information content (AvgIpc) is 3.66. The van der Waals surface area contributed by atoms with Crippen molar-refractivity contribution in [1.82, 2.24) is 14.3 Å². The number of nitrogens with zero attached hydrogens (tertiary/aromatic N) is 5. The van der Waals surface area contributed by atoms with E-state index in [9.17, 15) is 26.9 Å². The number of rotatable bonds is 5. The number of benzene rings is 2. The Hall–Kier alpha value is -3.43. The lowest BCUT2D eigenvalue weighted by molar-refractivity contribution is 0.377. The fourth-order valence-electron chi connectivity index (χ4n) is 3.84. The molecule has 8 nitrogen and oxygen atoms in total. The average molecular weight is 488 g/mol. The summed E-state index contributed by atoms with van der Waals surface area (Å²) in [4.78, 5) is 10.3. The van der Waals surface area contributed by atoms with Crippen LogP contribution in [0.25, 0.3) is 11.0 Å². The summed E-state index contributed by atoms with van der Waals surface area (Å²) in [7, 11) is -4.36. The summed E-state index contributed by atoms with van der Waals surface area (Å²) < 4.78 is 67.9. The lowest BCUT2D eigenvalue weighted by Crippen LogP contribution is -2.49. The first-order valence-corrected chi connectivity index (χ1v) is 12.1. The van der Waals surface area contributed by atoms with Crippen LogP contribution < -0.4 is 10.2 Å². The van der Waals surface area contributed by atoms with Gasteiger partial charge in [-0.1, -0.05) is 0 Å². The molecular formula is C22H19F3N6O2S. The molecule has 5 rings (SSSR count). The SMILES string of the molecule is N#Cc1ccc2nc(NC3CC3)c(N3CCN(S(=O)(=O)c4ccc(F)c(F)c4F)CC3)nc2c1. The fourth-order valence-corrected chi connectivity index (χ4v) is 5.32. The Morgan fingerprint density at radius 1 is 0.971 bits per heavy atom. The summed E-state index contributed by atoms with van der Waals surface area (Å²) in [6.07, 6.45) is 2.02. The smallest absolute Gasteiger partial charge is 0.246 e. The highest BCUT2D eigenvalue weighted by Gasteiger charge is 2.34. The van der Waals surface area contributed by atoms with E-state index < -0.39 is 32.4 Å². The molecule has 34 heavy (non-hydrogen) atoms. The summed E-state index contributed by atoms with van der Waals surface area (Å²) in [5.74, 6) is -3.90. The highest BCUT2D eigenvalue weighted by molar-refractivity contribution is 7.89. The maximum atomic E-state index is 14.2. The Morgan fingerprint density at radius 3 is 2.38 bits per heavy atom. The third kappa shape index (κ3) is 4.01. The van der Waals surface area contributed by atoms with Crippen molar-refractivity contribution in [1.29, 1.82) is 5.26 Å².